The summed E-state index contributed by atoms with van der Waals surface area (Å²) in [7, 11) is 0. The fourth-order valence-electron chi connectivity index (χ4n) is 3.75. The molecule has 0 aromatic heterocycles. The third kappa shape index (κ3) is 6.97. The number of nitrogens with one attached hydrogen (secondary N) is 3. The van der Waals surface area contributed by atoms with Crippen LogP contribution in [0.5, 0.6) is 0 Å². The molecule has 5 N–H and O–H groups in total. The van der Waals surface area contributed by atoms with Crippen LogP contribution in [0, 0.1) is 10.8 Å². The monoisotopic (exact) mass is 431 g/mol. The molecule has 1 aliphatic rings. The summed E-state index contributed by atoms with van der Waals surface area (Å²) in [5.41, 5.74) is 6.59. The lowest BCUT2D eigenvalue weighted by Crippen LogP contribution is -2.50. The van der Waals surface area contributed by atoms with Crippen molar-refractivity contribution in [2.45, 2.75) is 39.5 Å². The molecule has 1 aromatic carbocycles. The van der Waals surface area contributed by atoms with Crippen LogP contribution < -0.4 is 16.4 Å². The van der Waals surface area contributed by atoms with Gasteiger partial charge in [-0.1, -0.05) is 0 Å². The van der Waals surface area contributed by atoms with E-state index in [0.717, 1.165) is 5.69 Å². The number of Topliss-reactive ketones (excluding diaryl/α,β-unsaturated/α-hetero) is 1. The number of nitrogens with zero attached hydrogens (tertiary/aromatic N) is 1. The highest BCUT2D eigenvalue weighted by Gasteiger charge is 2.39. The molecule has 2 rings (SSSR count). The van der Waals surface area contributed by atoms with E-state index in [1.807, 2.05) is 12.1 Å². The number of rotatable bonds is 10. The molecule has 0 radical (unpaired) electrons. The second kappa shape index (κ2) is 11.3. The molecule has 1 heterocycles. The highest BCUT2D eigenvalue weighted by atomic mass is 16.5. The standard InChI is InChI=1S/C22H33N5O4/c1-3-31-19(29)8-12-26-21(30)27-14-10-22(11-15-27,16(2)28)9-13-25-18-6-4-17(5-7-18)20(23)24/h4-7,25H,3,8-15H2,1-2H3,(H3,23,24)(H,26,30). The fourth-order valence-corrected chi connectivity index (χ4v) is 3.75. The minimum Gasteiger partial charge on any atom is -0.466 e. The Bertz CT molecular complexity index is 786. The average Bonchev–Trinajstić information content (AvgIpc) is 2.74. The molecule has 2 amide bonds. The van der Waals surface area contributed by atoms with Crippen LogP contribution in [0.3, 0.4) is 0 Å². The van der Waals surface area contributed by atoms with Gasteiger partial charge in [0.15, 0.2) is 0 Å². The van der Waals surface area contributed by atoms with Crippen LogP contribution in [0.2, 0.25) is 0 Å². The molecule has 1 fully saturated rings. The quantitative estimate of drug-likeness (QED) is 0.254. The van der Waals surface area contributed by atoms with Crippen molar-refractivity contribution in [3.8, 4) is 0 Å². The maximum Gasteiger partial charge on any atom is 0.317 e. The summed E-state index contributed by atoms with van der Waals surface area (Å²) in [6, 6.07) is 7.07. The van der Waals surface area contributed by atoms with E-state index in [2.05, 4.69) is 10.6 Å². The summed E-state index contributed by atoms with van der Waals surface area (Å²) in [6.07, 6.45) is 2.04. The van der Waals surface area contributed by atoms with Crippen molar-refractivity contribution in [1.82, 2.24) is 10.2 Å². The van der Waals surface area contributed by atoms with Gasteiger partial charge >= 0.3 is 12.0 Å². The lowest BCUT2D eigenvalue weighted by atomic mass is 9.72. The molecule has 0 saturated carbocycles. The number of amides is 2. The first-order valence-corrected chi connectivity index (χ1v) is 10.6. The van der Waals surface area contributed by atoms with E-state index in [0.29, 0.717) is 51.1 Å². The molecule has 31 heavy (non-hydrogen) atoms. The molecule has 0 spiro atoms. The molecule has 0 aliphatic carbocycles. The van der Waals surface area contributed by atoms with Gasteiger partial charge in [-0.3, -0.25) is 15.0 Å². The molecule has 1 aromatic rings. The zero-order valence-electron chi connectivity index (χ0n) is 18.3. The van der Waals surface area contributed by atoms with Gasteiger partial charge in [-0.25, -0.2) is 4.79 Å². The SMILES string of the molecule is CCOC(=O)CCNC(=O)N1CCC(CCNc2ccc(C(=N)N)cc2)(C(C)=O)CC1. The van der Waals surface area contributed by atoms with Crippen molar-refractivity contribution in [1.29, 1.82) is 5.41 Å². The predicted molar refractivity (Wildman–Crippen MR) is 119 cm³/mol. The number of amidine groups is 1. The summed E-state index contributed by atoms with van der Waals surface area (Å²) in [6.45, 7) is 5.55. The second-order valence-electron chi connectivity index (χ2n) is 7.78. The van der Waals surface area contributed by atoms with Crippen molar-refractivity contribution in [3.63, 3.8) is 0 Å². The Morgan fingerprint density at radius 1 is 1.16 bits per heavy atom. The predicted octanol–water partition coefficient (Wildman–Crippen LogP) is 2.11. The summed E-state index contributed by atoms with van der Waals surface area (Å²) in [5.74, 6) is -0.164. The van der Waals surface area contributed by atoms with Gasteiger partial charge < -0.3 is 26.0 Å². The van der Waals surface area contributed by atoms with Crippen molar-refractivity contribution in [3.05, 3.63) is 29.8 Å². The van der Waals surface area contributed by atoms with Crippen molar-refractivity contribution >= 4 is 29.3 Å². The molecule has 1 aliphatic heterocycles. The van der Waals surface area contributed by atoms with E-state index in [4.69, 9.17) is 15.9 Å². The first-order chi connectivity index (χ1) is 14.8. The third-order valence-corrected chi connectivity index (χ3v) is 5.79. The third-order valence-electron chi connectivity index (χ3n) is 5.79. The van der Waals surface area contributed by atoms with Gasteiger partial charge in [-0.2, -0.15) is 0 Å². The van der Waals surface area contributed by atoms with Crippen molar-refractivity contribution in [2.75, 3.05) is 38.1 Å². The largest absolute Gasteiger partial charge is 0.466 e. The van der Waals surface area contributed by atoms with E-state index in [9.17, 15) is 14.4 Å². The Kier molecular flexibility index (Phi) is 8.84. The minimum atomic E-state index is -0.450. The number of carbonyl (C=O) groups excluding carboxylic acids is 3. The molecule has 170 valence electrons. The molecular formula is C22H33N5O4. The summed E-state index contributed by atoms with van der Waals surface area (Å²) in [4.78, 5) is 37.8. The average molecular weight is 432 g/mol. The number of benzene rings is 1. The van der Waals surface area contributed by atoms with Crippen molar-refractivity contribution < 1.29 is 19.1 Å². The lowest BCUT2D eigenvalue weighted by molar-refractivity contribution is -0.143. The minimum absolute atomic E-state index is 0.0266. The number of nitrogen functional groups attached to an aromatic ring is 1. The van der Waals surface area contributed by atoms with Gasteiger partial charge in [0, 0.05) is 42.8 Å². The van der Waals surface area contributed by atoms with E-state index in [-0.39, 0.29) is 36.6 Å². The van der Waals surface area contributed by atoms with Gasteiger partial charge in [0.1, 0.15) is 11.6 Å². The summed E-state index contributed by atoms with van der Waals surface area (Å²) in [5, 5.41) is 13.5. The Hall–Kier alpha value is -3.10. The van der Waals surface area contributed by atoms with Gasteiger partial charge in [0.2, 0.25) is 0 Å². The van der Waals surface area contributed by atoms with E-state index in [1.165, 1.54) is 0 Å². The number of anilines is 1. The van der Waals surface area contributed by atoms with Gasteiger partial charge in [-0.05, 0) is 57.4 Å². The Morgan fingerprint density at radius 2 is 1.81 bits per heavy atom. The van der Waals surface area contributed by atoms with Crippen LogP contribution in [0.25, 0.3) is 0 Å². The number of hydrogen-bond donors (Lipinski definition) is 4. The number of ketones is 1. The first kappa shape index (κ1) is 24.2. The van der Waals surface area contributed by atoms with Crippen LogP contribution in [0.4, 0.5) is 10.5 Å². The first-order valence-electron chi connectivity index (χ1n) is 10.6. The number of nitrogens with two attached hydrogens (primary N) is 1. The molecule has 9 heteroatoms. The number of urea groups is 1. The smallest absolute Gasteiger partial charge is 0.317 e. The normalized spacial score (nSPS) is 15.1. The number of ether oxygens (including phenoxy) is 1. The lowest BCUT2D eigenvalue weighted by Gasteiger charge is -2.40. The van der Waals surface area contributed by atoms with E-state index < -0.39 is 5.41 Å². The summed E-state index contributed by atoms with van der Waals surface area (Å²) >= 11 is 0. The van der Waals surface area contributed by atoms with Gasteiger partial charge in [0.05, 0.1) is 13.0 Å². The van der Waals surface area contributed by atoms with Crippen LogP contribution in [0.1, 0.15) is 45.1 Å². The van der Waals surface area contributed by atoms with Crippen LogP contribution in [-0.2, 0) is 14.3 Å². The van der Waals surface area contributed by atoms with Crippen LogP contribution in [-0.4, -0.2) is 61.3 Å². The number of likely N-dealkylation sites (tertiary alicyclic amines) is 1. The number of esters is 1. The maximum absolute atomic E-state index is 12.4. The number of carbonyl (C=O) groups is 3. The Labute approximate surface area is 183 Å². The molecular weight excluding hydrogens is 398 g/mol. The topological polar surface area (TPSA) is 138 Å². The number of piperidine rings is 1. The van der Waals surface area contributed by atoms with Crippen LogP contribution >= 0.6 is 0 Å². The zero-order valence-corrected chi connectivity index (χ0v) is 18.3. The Morgan fingerprint density at radius 3 is 2.35 bits per heavy atom. The maximum atomic E-state index is 12.4. The number of hydrogen-bond acceptors (Lipinski definition) is 6. The van der Waals surface area contributed by atoms with Crippen molar-refractivity contribution in [2.24, 2.45) is 11.1 Å². The fraction of sp³-hybridized carbons (Fsp3) is 0.545. The van der Waals surface area contributed by atoms with E-state index in [1.54, 1.807) is 30.9 Å². The Balaban J connectivity index is 1.80. The highest BCUT2D eigenvalue weighted by Crippen LogP contribution is 2.36. The van der Waals surface area contributed by atoms with Crippen LogP contribution in [0.15, 0.2) is 24.3 Å². The molecule has 9 nitrogen and oxygen atoms in total. The molecule has 1 saturated heterocycles. The molecule has 0 bridgehead atoms. The van der Waals surface area contributed by atoms with E-state index >= 15 is 0 Å². The molecule has 0 unspecified atom stereocenters. The van der Waals surface area contributed by atoms with Gasteiger partial charge in [-0.15, -0.1) is 0 Å². The molecule has 0 atom stereocenters. The zero-order chi connectivity index (χ0) is 22.9. The summed E-state index contributed by atoms with van der Waals surface area (Å²) < 4.78 is 4.85. The highest BCUT2D eigenvalue weighted by molar-refractivity contribution is 5.95. The van der Waals surface area contributed by atoms with Gasteiger partial charge in [0.25, 0.3) is 0 Å². The second-order valence-corrected chi connectivity index (χ2v) is 7.78.